The smallest absolute Gasteiger partial charge is 0.212 e. The van der Waals surface area contributed by atoms with Gasteiger partial charge in [0.05, 0.1) is 12.8 Å². The minimum atomic E-state index is 0.740. The number of benzene rings is 2. The molecule has 0 saturated heterocycles. The summed E-state index contributed by atoms with van der Waals surface area (Å²) in [5, 5.41) is 14.0. The third-order valence-electron chi connectivity index (χ3n) is 4.22. The highest BCUT2D eigenvalue weighted by Crippen LogP contribution is 2.25. The molecule has 0 radical (unpaired) electrons. The van der Waals surface area contributed by atoms with E-state index in [1.165, 1.54) is 11.1 Å². The van der Waals surface area contributed by atoms with Gasteiger partial charge < -0.3 is 4.74 Å². The summed E-state index contributed by atoms with van der Waals surface area (Å²) >= 11 is 1.64. The van der Waals surface area contributed by atoms with Gasteiger partial charge in [-0.05, 0) is 42.3 Å². The summed E-state index contributed by atoms with van der Waals surface area (Å²) in [6, 6.07) is 20.1. The number of hydrogen-bond donors (Lipinski definition) is 0. The van der Waals surface area contributed by atoms with Crippen LogP contribution in [0, 0.1) is 6.92 Å². The van der Waals surface area contributed by atoms with Crippen molar-refractivity contribution in [1.29, 1.82) is 0 Å². The number of thioether (sulfide) groups is 1. The summed E-state index contributed by atoms with van der Waals surface area (Å²) in [5.74, 6) is 1.64. The first kappa shape index (κ1) is 16.6. The Hall–Kier alpha value is -2.86. The lowest BCUT2D eigenvalue weighted by molar-refractivity contribution is 0.415. The highest BCUT2D eigenvalue weighted by molar-refractivity contribution is 7.98. The molecule has 0 aliphatic heterocycles. The molecule has 6 heteroatoms. The van der Waals surface area contributed by atoms with Gasteiger partial charge in [0.2, 0.25) is 5.16 Å². The fourth-order valence-corrected chi connectivity index (χ4v) is 3.67. The number of ether oxygens (including phenoxy) is 1. The molecule has 4 aromatic rings. The van der Waals surface area contributed by atoms with E-state index in [1.807, 2.05) is 36.4 Å². The topological polar surface area (TPSA) is 52.3 Å². The van der Waals surface area contributed by atoms with Crippen LogP contribution in [-0.2, 0) is 5.75 Å². The van der Waals surface area contributed by atoms with Gasteiger partial charge in [0.1, 0.15) is 5.75 Å². The van der Waals surface area contributed by atoms with Gasteiger partial charge in [0.25, 0.3) is 0 Å². The number of fused-ring (bicyclic) bond motifs is 1. The molecule has 0 aliphatic carbocycles. The first-order valence-electron chi connectivity index (χ1n) is 8.29. The summed E-state index contributed by atoms with van der Waals surface area (Å²) < 4.78 is 7.11. The maximum absolute atomic E-state index is 5.31. The average Bonchev–Trinajstić information content (AvgIpc) is 3.09. The Morgan fingerprint density at radius 3 is 2.73 bits per heavy atom. The van der Waals surface area contributed by atoms with Crippen molar-refractivity contribution in [2.75, 3.05) is 7.11 Å². The molecule has 5 nitrogen and oxygen atoms in total. The fraction of sp³-hybridized carbons (Fsp3) is 0.150. The zero-order chi connectivity index (χ0) is 17.9. The molecule has 0 spiro atoms. The van der Waals surface area contributed by atoms with Crippen molar-refractivity contribution in [2.24, 2.45) is 0 Å². The molecule has 2 aromatic carbocycles. The second kappa shape index (κ2) is 7.17. The number of nitrogens with zero attached hydrogens (tertiary/aromatic N) is 4. The van der Waals surface area contributed by atoms with Gasteiger partial charge >= 0.3 is 0 Å². The first-order valence-corrected chi connectivity index (χ1v) is 9.27. The number of aromatic nitrogens is 4. The van der Waals surface area contributed by atoms with E-state index in [2.05, 4.69) is 41.4 Å². The van der Waals surface area contributed by atoms with E-state index in [4.69, 9.17) is 9.84 Å². The van der Waals surface area contributed by atoms with Crippen LogP contribution in [0.1, 0.15) is 11.1 Å². The van der Waals surface area contributed by atoms with Crippen molar-refractivity contribution in [2.45, 2.75) is 17.8 Å². The van der Waals surface area contributed by atoms with E-state index in [9.17, 15) is 0 Å². The van der Waals surface area contributed by atoms with Gasteiger partial charge in [-0.15, -0.1) is 10.2 Å². The Kier molecular flexibility index (Phi) is 4.58. The molecule has 0 atom stereocenters. The van der Waals surface area contributed by atoms with Crippen molar-refractivity contribution in [3.05, 3.63) is 71.8 Å². The van der Waals surface area contributed by atoms with Crippen molar-refractivity contribution in [3.63, 3.8) is 0 Å². The molecule has 0 bridgehead atoms. The summed E-state index contributed by atoms with van der Waals surface area (Å²) in [7, 11) is 1.66. The third kappa shape index (κ3) is 3.28. The van der Waals surface area contributed by atoms with E-state index in [1.54, 1.807) is 23.4 Å². The van der Waals surface area contributed by atoms with Crippen LogP contribution in [0.2, 0.25) is 0 Å². The second-order valence-electron chi connectivity index (χ2n) is 5.92. The predicted octanol–water partition coefficient (Wildman–Crippen LogP) is 4.40. The van der Waals surface area contributed by atoms with E-state index in [-0.39, 0.29) is 0 Å². The molecule has 0 aliphatic rings. The molecule has 0 saturated carbocycles. The molecular formula is C20H18N4OS. The van der Waals surface area contributed by atoms with Crippen molar-refractivity contribution >= 4 is 17.4 Å². The summed E-state index contributed by atoms with van der Waals surface area (Å²) in [4.78, 5) is 0. The van der Waals surface area contributed by atoms with Gasteiger partial charge in [-0.2, -0.15) is 9.61 Å². The van der Waals surface area contributed by atoms with Crippen LogP contribution in [0.4, 0.5) is 0 Å². The molecule has 2 heterocycles. The predicted molar refractivity (Wildman–Crippen MR) is 104 cm³/mol. The molecule has 4 rings (SSSR count). The van der Waals surface area contributed by atoms with E-state index in [0.717, 1.165) is 33.6 Å². The van der Waals surface area contributed by atoms with Crippen LogP contribution < -0.4 is 4.74 Å². The van der Waals surface area contributed by atoms with Crippen molar-refractivity contribution in [3.8, 4) is 17.0 Å². The molecule has 0 amide bonds. The van der Waals surface area contributed by atoms with Crippen molar-refractivity contribution in [1.82, 2.24) is 19.8 Å². The highest BCUT2D eigenvalue weighted by atomic mass is 32.2. The quantitative estimate of drug-likeness (QED) is 0.493. The number of aryl methyl sites for hydroxylation is 1. The van der Waals surface area contributed by atoms with Crippen LogP contribution >= 0.6 is 11.8 Å². The lowest BCUT2D eigenvalue weighted by atomic mass is 10.1. The first-order chi connectivity index (χ1) is 12.7. The normalized spacial score (nSPS) is 11.0. The van der Waals surface area contributed by atoms with Gasteiger partial charge in [-0.3, -0.25) is 0 Å². The van der Waals surface area contributed by atoms with Crippen LogP contribution in [0.3, 0.4) is 0 Å². The van der Waals surface area contributed by atoms with Gasteiger partial charge in [0, 0.05) is 11.3 Å². The second-order valence-corrected chi connectivity index (χ2v) is 6.86. The van der Waals surface area contributed by atoms with E-state index >= 15 is 0 Å². The van der Waals surface area contributed by atoms with Crippen LogP contribution in [-0.4, -0.2) is 26.9 Å². The lowest BCUT2D eigenvalue weighted by Crippen LogP contribution is -1.97. The SMILES string of the molecule is COc1cccc(-c2ccc3nnc(SCc4ccccc4C)n3n2)c1. The van der Waals surface area contributed by atoms with E-state index in [0.29, 0.717) is 0 Å². The summed E-state index contributed by atoms with van der Waals surface area (Å²) in [6.07, 6.45) is 0. The number of rotatable bonds is 5. The largest absolute Gasteiger partial charge is 0.497 e. The Balaban J connectivity index is 1.65. The zero-order valence-corrected chi connectivity index (χ0v) is 15.4. The van der Waals surface area contributed by atoms with Gasteiger partial charge in [-0.25, -0.2) is 0 Å². The molecule has 130 valence electrons. The number of methoxy groups -OCH3 is 1. The van der Waals surface area contributed by atoms with Crippen LogP contribution in [0.5, 0.6) is 5.75 Å². The molecular weight excluding hydrogens is 344 g/mol. The maximum atomic E-state index is 5.31. The molecule has 2 aromatic heterocycles. The third-order valence-corrected chi connectivity index (χ3v) is 5.19. The maximum Gasteiger partial charge on any atom is 0.212 e. The minimum Gasteiger partial charge on any atom is -0.497 e. The number of hydrogen-bond acceptors (Lipinski definition) is 5. The Morgan fingerprint density at radius 2 is 1.88 bits per heavy atom. The van der Waals surface area contributed by atoms with Crippen LogP contribution in [0.25, 0.3) is 16.9 Å². The van der Waals surface area contributed by atoms with Crippen molar-refractivity contribution < 1.29 is 4.74 Å². The highest BCUT2D eigenvalue weighted by Gasteiger charge is 2.10. The monoisotopic (exact) mass is 362 g/mol. The van der Waals surface area contributed by atoms with Gasteiger partial charge in [0.15, 0.2) is 5.65 Å². The Morgan fingerprint density at radius 1 is 1.00 bits per heavy atom. The van der Waals surface area contributed by atoms with Gasteiger partial charge in [-0.1, -0.05) is 48.2 Å². The molecule has 0 N–H and O–H groups in total. The Labute approximate surface area is 156 Å². The Bertz CT molecular complexity index is 1060. The molecule has 0 fully saturated rings. The standard InChI is InChI=1S/C20H18N4OS/c1-14-6-3-4-7-16(14)13-26-20-22-21-19-11-10-18(23-24(19)20)15-8-5-9-17(12-15)25-2/h3-12H,13H2,1-2H3. The molecule has 26 heavy (non-hydrogen) atoms. The molecule has 0 unspecified atom stereocenters. The van der Waals surface area contributed by atoms with Crippen LogP contribution in [0.15, 0.2) is 65.8 Å². The lowest BCUT2D eigenvalue weighted by Gasteiger charge is -2.06. The summed E-state index contributed by atoms with van der Waals surface area (Å²) in [5.41, 5.74) is 5.16. The average molecular weight is 362 g/mol. The fourth-order valence-electron chi connectivity index (χ4n) is 2.71. The summed E-state index contributed by atoms with van der Waals surface area (Å²) in [6.45, 7) is 2.12. The minimum absolute atomic E-state index is 0.740. The van der Waals surface area contributed by atoms with E-state index < -0.39 is 0 Å². The zero-order valence-electron chi connectivity index (χ0n) is 14.6.